The summed E-state index contributed by atoms with van der Waals surface area (Å²) in [5.74, 6) is 1.36. The zero-order valence-electron chi connectivity index (χ0n) is 6.87. The van der Waals surface area contributed by atoms with Crippen molar-refractivity contribution in [1.82, 2.24) is 0 Å². The smallest absolute Gasteiger partial charge is 0.373 e. The maximum atomic E-state index is 11.0. The van der Waals surface area contributed by atoms with E-state index >= 15 is 0 Å². The lowest BCUT2D eigenvalue weighted by Gasteiger charge is -1.92. The molecule has 0 atom stereocenters. The van der Waals surface area contributed by atoms with Crippen molar-refractivity contribution in [1.29, 1.82) is 0 Å². The molecule has 0 bridgehead atoms. The number of esters is 1. The summed E-state index contributed by atoms with van der Waals surface area (Å²) >= 11 is 0. The number of carbonyl (C=O) groups is 1. The normalized spacial score (nSPS) is 16.1. The van der Waals surface area contributed by atoms with Crippen molar-refractivity contribution >= 4 is 5.97 Å². The Labute approximate surface area is 70.3 Å². The van der Waals surface area contributed by atoms with E-state index in [1.165, 1.54) is 20.0 Å². The molecule has 0 aliphatic heterocycles. The van der Waals surface area contributed by atoms with Crippen molar-refractivity contribution in [2.45, 2.75) is 18.8 Å². The van der Waals surface area contributed by atoms with E-state index in [-0.39, 0.29) is 0 Å². The molecular formula is C9H10O3. The fourth-order valence-electron chi connectivity index (χ4n) is 1.15. The van der Waals surface area contributed by atoms with Crippen LogP contribution in [0.2, 0.25) is 0 Å². The van der Waals surface area contributed by atoms with E-state index in [0.29, 0.717) is 11.7 Å². The number of rotatable bonds is 2. The van der Waals surface area contributed by atoms with Gasteiger partial charge in [0.1, 0.15) is 5.76 Å². The van der Waals surface area contributed by atoms with Gasteiger partial charge in [-0.2, -0.15) is 0 Å². The van der Waals surface area contributed by atoms with E-state index in [1.807, 2.05) is 6.07 Å². The van der Waals surface area contributed by atoms with Gasteiger partial charge >= 0.3 is 5.97 Å². The summed E-state index contributed by atoms with van der Waals surface area (Å²) in [6.45, 7) is 0. The number of carbonyl (C=O) groups excluding carboxylic acids is 1. The second-order valence-electron chi connectivity index (χ2n) is 2.97. The molecule has 3 nitrogen and oxygen atoms in total. The van der Waals surface area contributed by atoms with Crippen LogP contribution in [0, 0.1) is 0 Å². The highest BCUT2D eigenvalue weighted by molar-refractivity contribution is 5.86. The number of ether oxygens (including phenoxy) is 1. The van der Waals surface area contributed by atoms with Crippen LogP contribution >= 0.6 is 0 Å². The summed E-state index contributed by atoms with van der Waals surface area (Å²) in [6.07, 6.45) is 2.35. The molecule has 64 valence electrons. The van der Waals surface area contributed by atoms with Crippen molar-refractivity contribution in [3.05, 3.63) is 23.7 Å². The Bertz CT molecular complexity index is 296. The first kappa shape index (κ1) is 7.40. The highest BCUT2D eigenvalue weighted by Gasteiger charge is 2.27. The molecule has 0 spiro atoms. The highest BCUT2D eigenvalue weighted by Crippen LogP contribution is 2.40. The Morgan fingerprint density at radius 3 is 2.92 bits per heavy atom. The zero-order valence-corrected chi connectivity index (χ0v) is 6.87. The van der Waals surface area contributed by atoms with Crippen molar-refractivity contribution in [3.63, 3.8) is 0 Å². The summed E-state index contributed by atoms with van der Waals surface area (Å²) in [5.41, 5.74) is 0. The first-order chi connectivity index (χ1) is 5.81. The van der Waals surface area contributed by atoms with Gasteiger partial charge in [-0.25, -0.2) is 4.79 Å². The average Bonchev–Trinajstić information content (AvgIpc) is 2.83. The lowest BCUT2D eigenvalue weighted by Crippen LogP contribution is -1.98. The molecule has 3 heteroatoms. The van der Waals surface area contributed by atoms with Crippen molar-refractivity contribution in [2.24, 2.45) is 0 Å². The van der Waals surface area contributed by atoms with Crippen molar-refractivity contribution < 1.29 is 13.9 Å². The molecule has 12 heavy (non-hydrogen) atoms. The fraction of sp³-hybridized carbons (Fsp3) is 0.444. The molecule has 0 radical (unpaired) electrons. The van der Waals surface area contributed by atoms with Gasteiger partial charge in [0.05, 0.1) is 7.11 Å². The molecule has 0 N–H and O–H groups in total. The summed E-state index contributed by atoms with van der Waals surface area (Å²) < 4.78 is 9.80. The van der Waals surface area contributed by atoms with E-state index in [2.05, 4.69) is 4.74 Å². The van der Waals surface area contributed by atoms with E-state index in [4.69, 9.17) is 4.42 Å². The third kappa shape index (κ3) is 1.22. The van der Waals surface area contributed by atoms with Crippen LogP contribution in [0.15, 0.2) is 16.5 Å². The fourth-order valence-corrected chi connectivity index (χ4v) is 1.15. The van der Waals surface area contributed by atoms with Crippen LogP contribution in [0.5, 0.6) is 0 Å². The quantitative estimate of drug-likeness (QED) is 0.630. The van der Waals surface area contributed by atoms with Gasteiger partial charge in [0, 0.05) is 5.92 Å². The van der Waals surface area contributed by atoms with Crippen molar-refractivity contribution in [3.8, 4) is 0 Å². The molecule has 0 aromatic carbocycles. The Hall–Kier alpha value is -1.25. The van der Waals surface area contributed by atoms with Crippen LogP contribution in [0.1, 0.15) is 35.1 Å². The van der Waals surface area contributed by atoms with E-state index < -0.39 is 5.97 Å². The Balaban J connectivity index is 2.17. The maximum absolute atomic E-state index is 11.0. The van der Waals surface area contributed by atoms with Gasteiger partial charge in [-0.15, -0.1) is 0 Å². The van der Waals surface area contributed by atoms with Crippen LogP contribution in [0.25, 0.3) is 0 Å². The monoisotopic (exact) mass is 166 g/mol. The largest absolute Gasteiger partial charge is 0.463 e. The molecule has 0 amide bonds. The minimum absolute atomic E-state index is 0.305. The van der Waals surface area contributed by atoms with Gasteiger partial charge in [0.25, 0.3) is 0 Å². The minimum atomic E-state index is -0.401. The van der Waals surface area contributed by atoms with Gasteiger partial charge in [0.2, 0.25) is 5.76 Å². The lowest BCUT2D eigenvalue weighted by molar-refractivity contribution is 0.0563. The first-order valence-electron chi connectivity index (χ1n) is 3.99. The molecule has 1 aliphatic carbocycles. The van der Waals surface area contributed by atoms with Crippen LogP contribution in [0.3, 0.4) is 0 Å². The second-order valence-corrected chi connectivity index (χ2v) is 2.97. The van der Waals surface area contributed by atoms with Crippen LogP contribution < -0.4 is 0 Å². The summed E-state index contributed by atoms with van der Waals surface area (Å²) in [6, 6.07) is 3.52. The maximum Gasteiger partial charge on any atom is 0.373 e. The highest BCUT2D eigenvalue weighted by atomic mass is 16.5. The average molecular weight is 166 g/mol. The van der Waals surface area contributed by atoms with E-state index in [1.54, 1.807) is 6.07 Å². The van der Waals surface area contributed by atoms with Gasteiger partial charge in [0.15, 0.2) is 0 Å². The summed E-state index contributed by atoms with van der Waals surface area (Å²) in [7, 11) is 1.35. The number of hydrogen-bond donors (Lipinski definition) is 0. The molecule has 1 fully saturated rings. The van der Waals surface area contributed by atoms with Gasteiger partial charge in [-0.3, -0.25) is 0 Å². The van der Waals surface area contributed by atoms with Gasteiger partial charge in [-0.05, 0) is 25.0 Å². The molecule has 1 aromatic rings. The number of hydrogen-bond acceptors (Lipinski definition) is 3. The van der Waals surface area contributed by atoms with Gasteiger partial charge in [-0.1, -0.05) is 0 Å². The molecule has 1 aliphatic rings. The van der Waals surface area contributed by atoms with E-state index in [0.717, 1.165) is 5.76 Å². The van der Waals surface area contributed by atoms with Crippen LogP contribution in [0.4, 0.5) is 0 Å². The summed E-state index contributed by atoms with van der Waals surface area (Å²) in [5, 5.41) is 0. The predicted molar refractivity (Wildman–Crippen MR) is 42.0 cm³/mol. The van der Waals surface area contributed by atoms with Crippen molar-refractivity contribution in [2.75, 3.05) is 7.11 Å². The number of furan rings is 1. The molecule has 2 rings (SSSR count). The standard InChI is InChI=1S/C9H10O3/c1-11-9(10)8-5-4-7(12-8)6-2-3-6/h4-6H,2-3H2,1H3. The molecule has 1 aromatic heterocycles. The molecule has 0 unspecified atom stereocenters. The third-order valence-corrected chi connectivity index (χ3v) is 1.99. The Morgan fingerprint density at radius 2 is 2.33 bits per heavy atom. The first-order valence-corrected chi connectivity index (χ1v) is 3.99. The Kier molecular flexibility index (Phi) is 1.64. The Morgan fingerprint density at radius 1 is 1.58 bits per heavy atom. The summed E-state index contributed by atoms with van der Waals surface area (Å²) in [4.78, 5) is 11.0. The SMILES string of the molecule is COC(=O)c1ccc(C2CC2)o1. The topological polar surface area (TPSA) is 39.4 Å². The van der Waals surface area contributed by atoms with Crippen LogP contribution in [-0.2, 0) is 4.74 Å². The molecule has 1 saturated carbocycles. The van der Waals surface area contributed by atoms with Gasteiger partial charge < -0.3 is 9.15 Å². The predicted octanol–water partition coefficient (Wildman–Crippen LogP) is 1.94. The van der Waals surface area contributed by atoms with E-state index in [9.17, 15) is 4.79 Å². The third-order valence-electron chi connectivity index (χ3n) is 1.99. The molecule has 0 saturated heterocycles. The van der Waals surface area contributed by atoms with Crippen LogP contribution in [-0.4, -0.2) is 13.1 Å². The number of methoxy groups -OCH3 is 1. The molecule has 1 heterocycles. The second kappa shape index (κ2) is 2.66. The lowest BCUT2D eigenvalue weighted by atomic mass is 10.3. The molecular weight excluding hydrogens is 156 g/mol. The minimum Gasteiger partial charge on any atom is -0.463 e. The zero-order chi connectivity index (χ0) is 8.55.